The molecule has 0 aliphatic rings. The minimum atomic E-state index is -0.728. The first-order chi connectivity index (χ1) is 18.6. The van der Waals surface area contributed by atoms with Crippen molar-refractivity contribution in [2.75, 3.05) is 0 Å². The molecule has 0 aromatic carbocycles. The van der Waals surface area contributed by atoms with E-state index in [1.165, 1.54) is 38.5 Å². The van der Waals surface area contributed by atoms with Crippen molar-refractivity contribution < 1.29 is 19.4 Å². The van der Waals surface area contributed by atoms with E-state index in [9.17, 15) is 9.59 Å². The fourth-order valence-corrected chi connectivity index (χ4v) is 4.22. The van der Waals surface area contributed by atoms with Crippen molar-refractivity contribution in [3.8, 4) is 0 Å². The number of ether oxygens (including phenoxy) is 1. The van der Waals surface area contributed by atoms with Gasteiger partial charge in [0.15, 0.2) is 0 Å². The third kappa shape index (κ3) is 28.5. The van der Waals surface area contributed by atoms with Crippen LogP contribution in [0, 0.1) is 0 Å². The molecule has 0 aliphatic heterocycles. The van der Waals surface area contributed by atoms with Crippen LogP contribution in [0.3, 0.4) is 0 Å². The molecule has 0 aliphatic carbocycles. The van der Waals surface area contributed by atoms with Crippen LogP contribution in [-0.2, 0) is 14.3 Å². The van der Waals surface area contributed by atoms with E-state index in [0.717, 1.165) is 83.5 Å². The maximum atomic E-state index is 12.5. The van der Waals surface area contributed by atoms with Crippen molar-refractivity contribution in [3.05, 3.63) is 48.6 Å². The lowest BCUT2D eigenvalue weighted by Crippen LogP contribution is -2.16. The zero-order valence-corrected chi connectivity index (χ0v) is 24.7. The first kappa shape index (κ1) is 35.9. The fraction of sp³-hybridized carbons (Fsp3) is 0.706. The largest absolute Gasteiger partial charge is 0.481 e. The summed E-state index contributed by atoms with van der Waals surface area (Å²) in [5, 5.41) is 8.78. The number of unbranched alkanes of at least 4 members (excludes halogenated alkanes) is 12. The van der Waals surface area contributed by atoms with Gasteiger partial charge in [0.2, 0.25) is 0 Å². The number of carboxylic acid groups (broad SMARTS) is 1. The van der Waals surface area contributed by atoms with E-state index >= 15 is 0 Å². The van der Waals surface area contributed by atoms with Crippen molar-refractivity contribution >= 4 is 11.9 Å². The van der Waals surface area contributed by atoms with Crippen LogP contribution in [-0.4, -0.2) is 23.1 Å². The molecule has 4 nitrogen and oxygen atoms in total. The average Bonchev–Trinajstić information content (AvgIpc) is 2.89. The van der Waals surface area contributed by atoms with Crippen molar-refractivity contribution in [2.24, 2.45) is 0 Å². The van der Waals surface area contributed by atoms with Crippen LogP contribution >= 0.6 is 0 Å². The highest BCUT2D eigenvalue weighted by molar-refractivity contribution is 5.69. The van der Waals surface area contributed by atoms with E-state index in [1.807, 2.05) is 0 Å². The molecule has 0 aromatic heterocycles. The van der Waals surface area contributed by atoms with Crippen molar-refractivity contribution in [2.45, 2.75) is 155 Å². The third-order valence-electron chi connectivity index (χ3n) is 6.52. The molecule has 1 N–H and O–H groups in total. The molecule has 0 aromatic rings. The van der Waals surface area contributed by atoms with Crippen LogP contribution in [0.5, 0.6) is 0 Å². The summed E-state index contributed by atoms with van der Waals surface area (Å²) in [6, 6.07) is 0. The first-order valence-electron chi connectivity index (χ1n) is 15.6. The summed E-state index contributed by atoms with van der Waals surface area (Å²) in [6.45, 7) is 4.39. The molecule has 4 heteroatoms. The summed E-state index contributed by atoms with van der Waals surface area (Å²) < 4.78 is 5.82. The Morgan fingerprint density at radius 3 is 1.89 bits per heavy atom. The quantitative estimate of drug-likeness (QED) is 0.0651. The lowest BCUT2D eigenvalue weighted by atomic mass is 10.1. The molecule has 0 spiro atoms. The van der Waals surface area contributed by atoms with Gasteiger partial charge in [0.1, 0.15) is 6.10 Å². The first-order valence-corrected chi connectivity index (χ1v) is 15.6. The number of rotatable bonds is 27. The standard InChI is InChI=1S/C34H58O4/c1-3-5-7-9-11-13-14-15-16-17-19-21-27-31-34(37)38-32(29-25-22-23-26-30-33(35)36)28-24-20-18-12-10-8-6-4-2/h5,7,11,13,15-16,24,28,32H,3-4,6,8-10,12,14,17-23,25-27,29-31H2,1-2H3,(H,35,36)/b7-5-,13-11-,16-15-,28-24-. The minimum Gasteiger partial charge on any atom is -0.481 e. The lowest BCUT2D eigenvalue weighted by Gasteiger charge is -2.15. The van der Waals surface area contributed by atoms with Crippen molar-refractivity contribution in [1.82, 2.24) is 0 Å². The number of carbonyl (C=O) groups is 2. The monoisotopic (exact) mass is 530 g/mol. The summed E-state index contributed by atoms with van der Waals surface area (Å²) in [6.07, 6.45) is 38.4. The van der Waals surface area contributed by atoms with Crippen molar-refractivity contribution in [1.29, 1.82) is 0 Å². The maximum absolute atomic E-state index is 12.5. The zero-order chi connectivity index (χ0) is 27.9. The molecular formula is C34H58O4. The molecule has 0 saturated heterocycles. The summed E-state index contributed by atoms with van der Waals surface area (Å²) >= 11 is 0. The lowest BCUT2D eigenvalue weighted by molar-refractivity contribution is -0.147. The van der Waals surface area contributed by atoms with E-state index in [4.69, 9.17) is 9.84 Å². The van der Waals surface area contributed by atoms with Gasteiger partial charge in [-0.15, -0.1) is 0 Å². The van der Waals surface area contributed by atoms with Gasteiger partial charge in [0.25, 0.3) is 0 Å². The number of hydrogen-bond donors (Lipinski definition) is 1. The van der Waals surface area contributed by atoms with Gasteiger partial charge in [-0.1, -0.05) is 108 Å². The second kappa shape index (κ2) is 29.5. The zero-order valence-electron chi connectivity index (χ0n) is 24.7. The molecule has 0 saturated carbocycles. The Balaban J connectivity index is 4.17. The molecule has 0 fully saturated rings. The normalized spacial score (nSPS) is 12.9. The van der Waals surface area contributed by atoms with Gasteiger partial charge < -0.3 is 9.84 Å². The summed E-state index contributed by atoms with van der Waals surface area (Å²) in [4.78, 5) is 23.1. The Kier molecular flexibility index (Phi) is 27.8. The minimum absolute atomic E-state index is 0.0945. The number of carbonyl (C=O) groups excluding carboxylic acids is 1. The smallest absolute Gasteiger partial charge is 0.306 e. The van der Waals surface area contributed by atoms with Crippen molar-refractivity contribution in [3.63, 3.8) is 0 Å². The highest BCUT2D eigenvalue weighted by atomic mass is 16.5. The number of esters is 1. The molecule has 1 atom stereocenters. The maximum Gasteiger partial charge on any atom is 0.306 e. The Bertz CT molecular complexity index is 659. The average molecular weight is 531 g/mol. The highest BCUT2D eigenvalue weighted by Gasteiger charge is 2.11. The van der Waals surface area contributed by atoms with E-state index in [1.54, 1.807) is 0 Å². The number of aliphatic carboxylic acids is 1. The predicted octanol–water partition coefficient (Wildman–Crippen LogP) is 10.4. The highest BCUT2D eigenvalue weighted by Crippen LogP contribution is 2.14. The second-order valence-electron chi connectivity index (χ2n) is 10.3. The van der Waals surface area contributed by atoms with Gasteiger partial charge in [0.05, 0.1) is 0 Å². The van der Waals surface area contributed by atoms with Crippen LogP contribution in [0.25, 0.3) is 0 Å². The van der Waals surface area contributed by atoms with Gasteiger partial charge in [-0.2, -0.15) is 0 Å². The number of allylic oxidation sites excluding steroid dienone is 7. The Labute approximate surface area is 234 Å². The van der Waals surface area contributed by atoms with Crippen LogP contribution in [0.1, 0.15) is 149 Å². The molecule has 0 rings (SSSR count). The van der Waals surface area contributed by atoms with E-state index in [-0.39, 0.29) is 18.5 Å². The van der Waals surface area contributed by atoms with Crippen LogP contribution < -0.4 is 0 Å². The summed E-state index contributed by atoms with van der Waals surface area (Å²) in [5.41, 5.74) is 0. The molecule has 0 bridgehead atoms. The van der Waals surface area contributed by atoms with E-state index in [0.29, 0.717) is 6.42 Å². The SMILES string of the molecule is CC/C=C\C/C=C\C/C=C\CCCCCC(=O)OC(/C=C\CCCCCCCC)CCCCCCC(=O)O. The van der Waals surface area contributed by atoms with Crippen LogP contribution in [0.15, 0.2) is 48.6 Å². The predicted molar refractivity (Wildman–Crippen MR) is 162 cm³/mol. The Morgan fingerprint density at radius 2 is 1.18 bits per heavy atom. The van der Waals surface area contributed by atoms with Gasteiger partial charge in [-0.05, 0) is 76.7 Å². The second-order valence-corrected chi connectivity index (χ2v) is 10.3. The molecule has 1 unspecified atom stereocenters. The van der Waals surface area contributed by atoms with Gasteiger partial charge >= 0.3 is 11.9 Å². The summed E-state index contributed by atoms with van der Waals surface area (Å²) in [5.74, 6) is -0.823. The third-order valence-corrected chi connectivity index (χ3v) is 6.52. The molecule has 0 radical (unpaired) electrons. The molecule has 0 amide bonds. The van der Waals surface area contributed by atoms with Crippen LogP contribution in [0.2, 0.25) is 0 Å². The number of carboxylic acids is 1. The van der Waals surface area contributed by atoms with E-state index in [2.05, 4.69) is 62.5 Å². The van der Waals surface area contributed by atoms with Gasteiger partial charge in [0, 0.05) is 12.8 Å². The molecule has 218 valence electrons. The van der Waals surface area contributed by atoms with Gasteiger partial charge in [-0.25, -0.2) is 0 Å². The van der Waals surface area contributed by atoms with Gasteiger partial charge in [-0.3, -0.25) is 9.59 Å². The summed E-state index contributed by atoms with van der Waals surface area (Å²) in [7, 11) is 0. The Morgan fingerprint density at radius 1 is 0.632 bits per heavy atom. The fourth-order valence-electron chi connectivity index (χ4n) is 4.22. The van der Waals surface area contributed by atoms with E-state index < -0.39 is 5.97 Å². The van der Waals surface area contributed by atoms with Crippen LogP contribution in [0.4, 0.5) is 0 Å². The topological polar surface area (TPSA) is 63.6 Å². The number of hydrogen-bond acceptors (Lipinski definition) is 3. The molecule has 38 heavy (non-hydrogen) atoms. The molecular weight excluding hydrogens is 472 g/mol. The Hall–Kier alpha value is -2.10. The molecule has 0 heterocycles.